The van der Waals surface area contributed by atoms with E-state index in [2.05, 4.69) is 10.1 Å². The number of rotatable bonds is 2. The molecule has 0 saturated carbocycles. The fourth-order valence-corrected chi connectivity index (χ4v) is 2.14. The summed E-state index contributed by atoms with van der Waals surface area (Å²) in [5.41, 5.74) is 3.45. The smallest absolute Gasteiger partial charge is 0.267 e. The molecular formula is C16H15N3O. The number of aromatic nitrogens is 3. The second kappa shape index (κ2) is 4.89. The van der Waals surface area contributed by atoms with Crippen LogP contribution in [0.15, 0.2) is 47.3 Å². The molecule has 2 aromatic heterocycles. The molecule has 0 bridgehead atoms. The summed E-state index contributed by atoms with van der Waals surface area (Å²) in [7, 11) is 0. The molecule has 0 amide bonds. The molecule has 0 spiro atoms. The molecule has 0 aliphatic rings. The average Bonchev–Trinajstić information content (AvgIpc) is 2.44. The van der Waals surface area contributed by atoms with Gasteiger partial charge in [-0.2, -0.15) is 5.10 Å². The van der Waals surface area contributed by atoms with Gasteiger partial charge in [-0.3, -0.25) is 9.78 Å². The van der Waals surface area contributed by atoms with Crippen LogP contribution < -0.4 is 5.56 Å². The highest BCUT2D eigenvalue weighted by molar-refractivity contribution is 5.78. The van der Waals surface area contributed by atoms with Crippen LogP contribution in [-0.4, -0.2) is 14.8 Å². The quantitative estimate of drug-likeness (QED) is 0.715. The Morgan fingerprint density at radius 1 is 1.10 bits per heavy atom. The van der Waals surface area contributed by atoms with Gasteiger partial charge in [0.05, 0.1) is 23.4 Å². The molecule has 0 aliphatic heterocycles. The lowest BCUT2D eigenvalue weighted by atomic mass is 10.2. The Morgan fingerprint density at radius 2 is 1.90 bits per heavy atom. The first-order valence-electron chi connectivity index (χ1n) is 6.53. The van der Waals surface area contributed by atoms with Crippen LogP contribution in [-0.2, 0) is 6.54 Å². The number of pyridine rings is 1. The van der Waals surface area contributed by atoms with Crippen LogP contribution in [0.25, 0.3) is 10.9 Å². The number of aryl methyl sites for hydroxylation is 2. The number of fused-ring (bicyclic) bond motifs is 1. The van der Waals surface area contributed by atoms with E-state index in [-0.39, 0.29) is 5.56 Å². The third-order valence-electron chi connectivity index (χ3n) is 3.40. The number of hydrogen-bond acceptors (Lipinski definition) is 3. The van der Waals surface area contributed by atoms with Gasteiger partial charge in [-0.05, 0) is 31.5 Å². The second-order valence-electron chi connectivity index (χ2n) is 4.90. The minimum absolute atomic E-state index is 0.0944. The van der Waals surface area contributed by atoms with Gasteiger partial charge in [0.2, 0.25) is 0 Å². The summed E-state index contributed by atoms with van der Waals surface area (Å²) in [6.45, 7) is 4.19. The van der Waals surface area contributed by atoms with Gasteiger partial charge in [-0.15, -0.1) is 0 Å². The van der Waals surface area contributed by atoms with E-state index >= 15 is 0 Å². The lowest BCUT2D eigenvalue weighted by Gasteiger charge is -2.07. The zero-order valence-corrected chi connectivity index (χ0v) is 11.5. The maximum Gasteiger partial charge on any atom is 0.267 e. The number of benzene rings is 1. The summed E-state index contributed by atoms with van der Waals surface area (Å²) in [6, 6.07) is 13.5. The molecule has 100 valence electrons. The maximum absolute atomic E-state index is 11.9. The van der Waals surface area contributed by atoms with E-state index < -0.39 is 0 Å². The topological polar surface area (TPSA) is 47.8 Å². The number of hydrogen-bond donors (Lipinski definition) is 0. The van der Waals surface area contributed by atoms with Crippen molar-refractivity contribution >= 4 is 10.9 Å². The molecule has 3 aromatic rings. The molecule has 1 aromatic carbocycles. The largest absolute Gasteiger partial charge is 0.268 e. The van der Waals surface area contributed by atoms with E-state index in [0.29, 0.717) is 6.54 Å². The van der Waals surface area contributed by atoms with Gasteiger partial charge in [-0.25, -0.2) is 4.68 Å². The lowest BCUT2D eigenvalue weighted by Crippen LogP contribution is -2.24. The zero-order chi connectivity index (χ0) is 14.1. The van der Waals surface area contributed by atoms with Crippen molar-refractivity contribution < 1.29 is 0 Å². The predicted octanol–water partition coefficient (Wildman–Crippen LogP) is 2.46. The van der Waals surface area contributed by atoms with Crippen molar-refractivity contribution in [3.63, 3.8) is 0 Å². The van der Waals surface area contributed by atoms with Gasteiger partial charge in [0, 0.05) is 11.5 Å². The van der Waals surface area contributed by atoms with Gasteiger partial charge < -0.3 is 0 Å². The summed E-state index contributed by atoms with van der Waals surface area (Å²) in [4.78, 5) is 16.5. The van der Waals surface area contributed by atoms with Crippen LogP contribution in [0, 0.1) is 13.8 Å². The third kappa shape index (κ3) is 2.32. The summed E-state index contributed by atoms with van der Waals surface area (Å²) in [5, 5.41) is 5.41. The first kappa shape index (κ1) is 12.5. The maximum atomic E-state index is 11.9. The molecule has 0 saturated heterocycles. The molecule has 3 rings (SSSR count). The Balaban J connectivity index is 2.01. The third-order valence-corrected chi connectivity index (χ3v) is 3.40. The van der Waals surface area contributed by atoms with Crippen molar-refractivity contribution in [1.29, 1.82) is 0 Å². The Hall–Kier alpha value is -2.49. The van der Waals surface area contributed by atoms with E-state index in [1.807, 2.05) is 50.2 Å². The summed E-state index contributed by atoms with van der Waals surface area (Å²) >= 11 is 0. The Labute approximate surface area is 116 Å². The molecule has 4 nitrogen and oxygen atoms in total. The number of nitrogens with zero attached hydrogens (tertiary/aromatic N) is 3. The molecule has 4 heteroatoms. The van der Waals surface area contributed by atoms with E-state index in [0.717, 1.165) is 27.9 Å². The Morgan fingerprint density at radius 3 is 2.75 bits per heavy atom. The highest BCUT2D eigenvalue weighted by Gasteiger charge is 2.04. The highest BCUT2D eigenvalue weighted by Crippen LogP contribution is 2.12. The van der Waals surface area contributed by atoms with Gasteiger partial charge in [0.15, 0.2) is 0 Å². The van der Waals surface area contributed by atoms with E-state index in [9.17, 15) is 4.79 Å². The molecule has 0 aliphatic carbocycles. The van der Waals surface area contributed by atoms with Crippen LogP contribution in [0.5, 0.6) is 0 Å². The van der Waals surface area contributed by atoms with Crippen molar-refractivity contribution in [2.24, 2.45) is 0 Å². The first-order valence-corrected chi connectivity index (χ1v) is 6.53. The molecular weight excluding hydrogens is 250 g/mol. The van der Waals surface area contributed by atoms with Gasteiger partial charge >= 0.3 is 0 Å². The number of para-hydroxylation sites is 1. The average molecular weight is 265 g/mol. The summed E-state index contributed by atoms with van der Waals surface area (Å²) in [6.07, 6.45) is 0. The van der Waals surface area contributed by atoms with Crippen LogP contribution >= 0.6 is 0 Å². The zero-order valence-electron chi connectivity index (χ0n) is 11.5. The summed E-state index contributed by atoms with van der Waals surface area (Å²) in [5.74, 6) is 0. The predicted molar refractivity (Wildman–Crippen MR) is 78.8 cm³/mol. The van der Waals surface area contributed by atoms with E-state index in [1.165, 1.54) is 4.68 Å². The van der Waals surface area contributed by atoms with Gasteiger partial charge in [0.25, 0.3) is 5.56 Å². The van der Waals surface area contributed by atoms with Crippen LogP contribution in [0.3, 0.4) is 0 Å². The Bertz CT molecular complexity index is 836. The molecule has 0 unspecified atom stereocenters. The SMILES string of the molecule is Cc1cc(=O)n(Cc2ccc3ccccc3n2)nc1C. The van der Waals surface area contributed by atoms with E-state index in [4.69, 9.17) is 0 Å². The van der Waals surface area contributed by atoms with Crippen molar-refractivity contribution in [3.05, 3.63) is 69.8 Å². The van der Waals surface area contributed by atoms with E-state index in [1.54, 1.807) is 6.07 Å². The fraction of sp³-hybridized carbons (Fsp3) is 0.188. The standard InChI is InChI=1S/C16H15N3O/c1-11-9-16(20)19(18-12(11)2)10-14-8-7-13-5-3-4-6-15(13)17-14/h3-9H,10H2,1-2H3. The van der Waals surface area contributed by atoms with Crippen molar-refractivity contribution in [3.8, 4) is 0 Å². The lowest BCUT2D eigenvalue weighted by molar-refractivity contribution is 0.616. The van der Waals surface area contributed by atoms with Gasteiger partial charge in [0.1, 0.15) is 0 Å². The summed E-state index contributed by atoms with van der Waals surface area (Å²) < 4.78 is 1.46. The Kier molecular flexibility index (Phi) is 3.06. The molecule has 0 fully saturated rings. The first-order chi connectivity index (χ1) is 9.63. The molecule has 0 atom stereocenters. The van der Waals surface area contributed by atoms with Crippen LogP contribution in [0.1, 0.15) is 17.0 Å². The second-order valence-corrected chi connectivity index (χ2v) is 4.90. The molecule has 0 N–H and O–H groups in total. The van der Waals surface area contributed by atoms with Crippen LogP contribution in [0.4, 0.5) is 0 Å². The monoisotopic (exact) mass is 265 g/mol. The molecule has 2 heterocycles. The molecule has 0 radical (unpaired) electrons. The minimum atomic E-state index is -0.0944. The fourth-order valence-electron chi connectivity index (χ4n) is 2.14. The van der Waals surface area contributed by atoms with Gasteiger partial charge in [-0.1, -0.05) is 24.3 Å². The minimum Gasteiger partial charge on any atom is -0.268 e. The van der Waals surface area contributed by atoms with Crippen LogP contribution in [0.2, 0.25) is 0 Å². The van der Waals surface area contributed by atoms with Crippen molar-refractivity contribution in [2.75, 3.05) is 0 Å². The molecule has 20 heavy (non-hydrogen) atoms. The van der Waals surface area contributed by atoms with Crippen molar-refractivity contribution in [2.45, 2.75) is 20.4 Å². The highest BCUT2D eigenvalue weighted by atomic mass is 16.1. The normalized spacial score (nSPS) is 10.9. The van der Waals surface area contributed by atoms with Crippen molar-refractivity contribution in [1.82, 2.24) is 14.8 Å².